The summed E-state index contributed by atoms with van der Waals surface area (Å²) in [5.74, 6) is 2.33. The molecule has 0 saturated carbocycles. The van der Waals surface area contributed by atoms with Gasteiger partial charge in [-0.25, -0.2) is 8.42 Å². The smallest absolute Gasteiger partial charge is 0.246 e. The lowest BCUT2D eigenvalue weighted by atomic mass is 10.1. The summed E-state index contributed by atoms with van der Waals surface area (Å²) in [7, 11) is -2.28. The van der Waals surface area contributed by atoms with E-state index in [4.69, 9.17) is 18.7 Å². The Morgan fingerprint density at radius 1 is 1.00 bits per heavy atom. The van der Waals surface area contributed by atoms with Crippen molar-refractivity contribution in [2.45, 2.75) is 18.4 Å². The van der Waals surface area contributed by atoms with Crippen molar-refractivity contribution in [3.63, 3.8) is 0 Å². The van der Waals surface area contributed by atoms with E-state index in [2.05, 4.69) is 10.1 Å². The number of hydrogen-bond acceptors (Lipinski definition) is 8. The molecule has 10 heteroatoms. The van der Waals surface area contributed by atoms with E-state index in [1.54, 1.807) is 24.3 Å². The van der Waals surface area contributed by atoms with Crippen LogP contribution in [0, 0.1) is 6.92 Å². The second kappa shape index (κ2) is 8.69. The summed E-state index contributed by atoms with van der Waals surface area (Å²) in [6, 6.07) is 12.7. The third-order valence-corrected chi connectivity index (χ3v) is 7.79. The van der Waals surface area contributed by atoms with Crippen molar-refractivity contribution in [3.8, 4) is 28.6 Å². The van der Waals surface area contributed by atoms with Crippen LogP contribution in [0.15, 0.2) is 51.9 Å². The van der Waals surface area contributed by atoms with Crippen molar-refractivity contribution in [2.75, 3.05) is 40.1 Å². The molecule has 0 bridgehead atoms. The summed E-state index contributed by atoms with van der Waals surface area (Å²) in [6.07, 6.45) is 0. The number of nitrogens with zero attached hydrogens (tertiary/aromatic N) is 3. The molecular weight excluding hydrogens is 446 g/mol. The number of piperazine rings is 1. The lowest BCUT2D eigenvalue weighted by Gasteiger charge is -2.34. The molecule has 3 aromatic rings. The highest BCUT2D eigenvalue weighted by Crippen LogP contribution is 2.34. The van der Waals surface area contributed by atoms with Gasteiger partial charge >= 0.3 is 0 Å². The number of sulfonamides is 1. The van der Waals surface area contributed by atoms with Gasteiger partial charge in [0.15, 0.2) is 17.3 Å². The van der Waals surface area contributed by atoms with E-state index in [0.717, 1.165) is 22.8 Å². The van der Waals surface area contributed by atoms with Gasteiger partial charge in [-0.2, -0.15) is 4.31 Å². The normalized spacial score (nSPS) is 16.8. The molecule has 2 aromatic carbocycles. The first-order valence-electron chi connectivity index (χ1n) is 10.7. The zero-order valence-electron chi connectivity index (χ0n) is 18.5. The van der Waals surface area contributed by atoms with Gasteiger partial charge in [0.2, 0.25) is 16.8 Å². The van der Waals surface area contributed by atoms with Crippen LogP contribution in [0.3, 0.4) is 0 Å². The fraction of sp³-hybridized carbons (Fsp3) is 0.348. The minimum atomic E-state index is -3.75. The monoisotopic (exact) mass is 471 g/mol. The van der Waals surface area contributed by atoms with Crippen LogP contribution in [0.4, 0.5) is 0 Å². The van der Waals surface area contributed by atoms with E-state index in [0.29, 0.717) is 49.8 Å². The Balaban J connectivity index is 1.31. The quantitative estimate of drug-likeness (QED) is 0.542. The Morgan fingerprint density at radius 3 is 2.52 bits per heavy atom. The average molecular weight is 472 g/mol. The summed E-state index contributed by atoms with van der Waals surface area (Å²) in [4.78, 5) is 2.36. The molecule has 9 nitrogen and oxygen atoms in total. The standard InChI is InChI=1S/C23H25N3O6S/c1-16-11-21(32-24-16)18-4-6-20(29-2)23(13-18)33(27,28)26-9-7-25(8-10-26)14-17-3-5-19-22(12-17)31-15-30-19/h3-6,11-13H,7-10,14-15H2,1-2H3. The molecule has 3 heterocycles. The number of fused-ring (bicyclic) bond motifs is 1. The van der Waals surface area contributed by atoms with Gasteiger partial charge in [0.25, 0.3) is 0 Å². The van der Waals surface area contributed by atoms with Crippen LogP contribution in [-0.2, 0) is 16.6 Å². The average Bonchev–Trinajstić information content (AvgIpc) is 3.47. The molecule has 1 fully saturated rings. The largest absolute Gasteiger partial charge is 0.495 e. The van der Waals surface area contributed by atoms with Crippen molar-refractivity contribution >= 4 is 10.0 Å². The van der Waals surface area contributed by atoms with Crippen LogP contribution in [0.25, 0.3) is 11.3 Å². The lowest BCUT2D eigenvalue weighted by Crippen LogP contribution is -2.48. The first kappa shape index (κ1) is 21.7. The molecule has 2 aliphatic heterocycles. The van der Waals surface area contributed by atoms with E-state index >= 15 is 0 Å². The van der Waals surface area contributed by atoms with Crippen molar-refractivity contribution in [2.24, 2.45) is 0 Å². The van der Waals surface area contributed by atoms with E-state index < -0.39 is 10.0 Å². The number of hydrogen-bond donors (Lipinski definition) is 0. The van der Waals surface area contributed by atoms with Gasteiger partial charge in [0, 0.05) is 44.4 Å². The zero-order valence-corrected chi connectivity index (χ0v) is 19.3. The Hall–Kier alpha value is -3.08. The molecule has 0 atom stereocenters. The summed E-state index contributed by atoms with van der Waals surface area (Å²) in [5.41, 5.74) is 2.47. The predicted molar refractivity (Wildman–Crippen MR) is 120 cm³/mol. The molecule has 174 valence electrons. The molecular formula is C23H25N3O6S. The Kier molecular flexibility index (Phi) is 5.73. The van der Waals surface area contributed by atoms with Crippen molar-refractivity contribution in [3.05, 3.63) is 53.7 Å². The minimum absolute atomic E-state index is 0.126. The fourth-order valence-electron chi connectivity index (χ4n) is 4.10. The van der Waals surface area contributed by atoms with Gasteiger partial charge < -0.3 is 18.7 Å². The molecule has 0 spiro atoms. The maximum atomic E-state index is 13.5. The number of aryl methyl sites for hydroxylation is 1. The lowest BCUT2D eigenvalue weighted by molar-refractivity contribution is 0.173. The highest BCUT2D eigenvalue weighted by atomic mass is 32.2. The molecule has 0 N–H and O–H groups in total. The van der Waals surface area contributed by atoms with E-state index in [1.807, 2.05) is 25.1 Å². The number of benzene rings is 2. The molecule has 0 radical (unpaired) electrons. The van der Waals surface area contributed by atoms with Crippen LogP contribution >= 0.6 is 0 Å². The van der Waals surface area contributed by atoms with Gasteiger partial charge in [0.1, 0.15) is 10.6 Å². The first-order valence-corrected chi connectivity index (χ1v) is 12.1. The maximum Gasteiger partial charge on any atom is 0.246 e. The predicted octanol–water partition coefficient (Wildman–Crippen LogP) is 2.89. The van der Waals surface area contributed by atoms with Crippen molar-refractivity contribution in [1.29, 1.82) is 0 Å². The molecule has 0 amide bonds. The summed E-state index contributed by atoms with van der Waals surface area (Å²) in [6.45, 7) is 4.80. The summed E-state index contributed by atoms with van der Waals surface area (Å²) in [5, 5.41) is 3.89. The second-order valence-corrected chi connectivity index (χ2v) is 9.97. The molecule has 1 saturated heterocycles. The maximum absolute atomic E-state index is 13.5. The topological polar surface area (TPSA) is 94.3 Å². The molecule has 2 aliphatic rings. The van der Waals surface area contributed by atoms with Crippen LogP contribution in [0.1, 0.15) is 11.3 Å². The number of methoxy groups -OCH3 is 1. The van der Waals surface area contributed by atoms with Gasteiger partial charge in [-0.05, 0) is 42.8 Å². The highest BCUT2D eigenvalue weighted by molar-refractivity contribution is 7.89. The Labute approximate surface area is 192 Å². The van der Waals surface area contributed by atoms with Gasteiger partial charge in [-0.3, -0.25) is 4.90 Å². The van der Waals surface area contributed by atoms with Crippen LogP contribution < -0.4 is 14.2 Å². The molecule has 1 aromatic heterocycles. The van der Waals surface area contributed by atoms with Gasteiger partial charge in [-0.15, -0.1) is 0 Å². The fourth-order valence-corrected chi connectivity index (χ4v) is 5.70. The van der Waals surface area contributed by atoms with Crippen LogP contribution in [0.5, 0.6) is 17.2 Å². The van der Waals surface area contributed by atoms with Crippen molar-refractivity contribution in [1.82, 2.24) is 14.4 Å². The summed E-state index contributed by atoms with van der Waals surface area (Å²) >= 11 is 0. The van der Waals surface area contributed by atoms with Gasteiger partial charge in [-0.1, -0.05) is 11.2 Å². The first-order chi connectivity index (χ1) is 15.9. The van der Waals surface area contributed by atoms with E-state index in [-0.39, 0.29) is 11.7 Å². The number of ether oxygens (including phenoxy) is 3. The zero-order chi connectivity index (χ0) is 23.0. The molecule has 5 rings (SSSR count). The Morgan fingerprint density at radius 2 is 1.79 bits per heavy atom. The second-order valence-electron chi connectivity index (χ2n) is 8.07. The third kappa shape index (κ3) is 4.29. The minimum Gasteiger partial charge on any atom is -0.495 e. The summed E-state index contributed by atoms with van der Waals surface area (Å²) < 4.78 is 50.0. The van der Waals surface area contributed by atoms with E-state index in [1.165, 1.54) is 11.4 Å². The molecule has 33 heavy (non-hydrogen) atoms. The molecule has 0 unspecified atom stereocenters. The van der Waals surface area contributed by atoms with E-state index in [9.17, 15) is 8.42 Å². The van der Waals surface area contributed by atoms with Crippen LogP contribution in [-0.4, -0.2) is 62.9 Å². The third-order valence-electron chi connectivity index (χ3n) is 5.87. The van der Waals surface area contributed by atoms with Crippen LogP contribution in [0.2, 0.25) is 0 Å². The Bertz CT molecular complexity index is 1260. The SMILES string of the molecule is COc1ccc(-c2cc(C)no2)cc1S(=O)(=O)N1CCN(Cc2ccc3c(c2)OCO3)CC1. The molecule has 0 aliphatic carbocycles. The van der Waals surface area contributed by atoms with Crippen molar-refractivity contribution < 1.29 is 27.2 Å². The highest BCUT2D eigenvalue weighted by Gasteiger charge is 2.31. The number of rotatable bonds is 6. The number of aromatic nitrogens is 1. The van der Waals surface area contributed by atoms with Gasteiger partial charge in [0.05, 0.1) is 12.8 Å².